The van der Waals surface area contributed by atoms with Crippen LogP contribution in [0.3, 0.4) is 0 Å². The van der Waals surface area contributed by atoms with Crippen molar-refractivity contribution in [1.29, 1.82) is 0 Å². The maximum absolute atomic E-state index is 12.6. The molecule has 0 fully saturated rings. The van der Waals surface area contributed by atoms with Gasteiger partial charge in [0.2, 0.25) is 0 Å². The van der Waals surface area contributed by atoms with E-state index in [0.29, 0.717) is 24.8 Å². The molecule has 0 spiro atoms. The van der Waals surface area contributed by atoms with E-state index in [2.05, 4.69) is 10.8 Å². The van der Waals surface area contributed by atoms with Gasteiger partial charge in [0.25, 0.3) is 0 Å². The van der Waals surface area contributed by atoms with E-state index in [9.17, 15) is 26.4 Å². The number of carbonyl (C=O) groups is 1. The molecule has 0 saturated heterocycles. The Morgan fingerprint density at radius 3 is 2.52 bits per heavy atom. The Kier molecular flexibility index (Phi) is 5.89. The smallest absolute Gasteiger partial charge is 0.468 e. The Labute approximate surface area is 133 Å². The van der Waals surface area contributed by atoms with Crippen LogP contribution < -0.4 is 0 Å². The first kappa shape index (κ1) is 19.5. The summed E-state index contributed by atoms with van der Waals surface area (Å²) in [4.78, 5) is 12.2. The van der Waals surface area contributed by atoms with Crippen molar-refractivity contribution in [3.8, 4) is 0 Å². The third kappa shape index (κ3) is 4.27. The van der Waals surface area contributed by atoms with E-state index in [4.69, 9.17) is 4.74 Å². The van der Waals surface area contributed by atoms with E-state index < -0.39 is 32.8 Å². The molecule has 1 aliphatic rings. The van der Waals surface area contributed by atoms with Crippen LogP contribution in [-0.2, 0) is 23.8 Å². The van der Waals surface area contributed by atoms with Gasteiger partial charge in [-0.3, -0.25) is 4.79 Å². The summed E-state index contributed by atoms with van der Waals surface area (Å²) in [5.41, 5.74) is -6.41. The lowest BCUT2D eigenvalue weighted by Crippen LogP contribution is -2.39. The molecule has 0 aromatic heterocycles. The molecule has 0 amide bonds. The van der Waals surface area contributed by atoms with Gasteiger partial charge in [-0.25, -0.2) is 0 Å². The molecule has 9 heteroatoms. The van der Waals surface area contributed by atoms with Crippen molar-refractivity contribution in [2.24, 2.45) is 5.41 Å². The fourth-order valence-corrected chi connectivity index (χ4v) is 2.97. The minimum Gasteiger partial charge on any atom is -0.468 e. The van der Waals surface area contributed by atoms with Crippen molar-refractivity contribution in [1.82, 2.24) is 0 Å². The zero-order chi connectivity index (χ0) is 17.9. The molecule has 0 bridgehead atoms. The van der Waals surface area contributed by atoms with Crippen LogP contribution in [0.1, 0.15) is 39.0 Å². The molecule has 0 aromatic carbocycles. The normalized spacial score (nSPS) is 22.2. The van der Waals surface area contributed by atoms with E-state index in [1.807, 2.05) is 0 Å². The third-order valence-corrected chi connectivity index (χ3v) is 4.61. The van der Waals surface area contributed by atoms with Gasteiger partial charge < -0.3 is 8.92 Å². The molecule has 0 N–H and O–H groups in total. The molecule has 0 saturated carbocycles. The Balaban J connectivity index is 3.26. The van der Waals surface area contributed by atoms with Crippen molar-refractivity contribution < 1.29 is 35.3 Å². The maximum atomic E-state index is 12.6. The summed E-state index contributed by atoms with van der Waals surface area (Å²) < 4.78 is 69.3. The molecule has 0 radical (unpaired) electrons. The predicted molar refractivity (Wildman–Crippen MR) is 76.5 cm³/mol. The molecule has 23 heavy (non-hydrogen) atoms. The SMILES string of the molecule is C=C(C)CCC1(C(=O)OC)CCCC=C1OS(=O)(=O)C(F)(F)F. The summed E-state index contributed by atoms with van der Waals surface area (Å²) in [5, 5.41) is 0. The van der Waals surface area contributed by atoms with Crippen molar-refractivity contribution in [3.05, 3.63) is 24.0 Å². The van der Waals surface area contributed by atoms with Crippen LogP contribution in [0.15, 0.2) is 24.0 Å². The third-order valence-electron chi connectivity index (χ3n) is 3.65. The summed E-state index contributed by atoms with van der Waals surface area (Å²) in [6, 6.07) is 0. The zero-order valence-electron chi connectivity index (χ0n) is 12.9. The molecule has 0 aliphatic heterocycles. The van der Waals surface area contributed by atoms with Gasteiger partial charge in [0, 0.05) is 0 Å². The van der Waals surface area contributed by atoms with E-state index in [1.54, 1.807) is 6.92 Å². The quantitative estimate of drug-likeness (QED) is 0.316. The predicted octanol–water partition coefficient (Wildman–Crippen LogP) is 3.44. The van der Waals surface area contributed by atoms with Gasteiger partial charge in [0.05, 0.1) is 7.11 Å². The van der Waals surface area contributed by atoms with Crippen molar-refractivity contribution >= 4 is 16.1 Å². The molecular formula is C14H19F3O5S. The molecule has 1 atom stereocenters. The number of rotatable bonds is 6. The van der Waals surface area contributed by atoms with E-state index >= 15 is 0 Å². The highest BCUT2D eigenvalue weighted by molar-refractivity contribution is 7.87. The van der Waals surface area contributed by atoms with Crippen LogP contribution in [0.5, 0.6) is 0 Å². The van der Waals surface area contributed by atoms with E-state index in [1.165, 1.54) is 6.08 Å². The summed E-state index contributed by atoms with van der Waals surface area (Å²) in [6.45, 7) is 5.38. The summed E-state index contributed by atoms with van der Waals surface area (Å²) >= 11 is 0. The fourth-order valence-electron chi connectivity index (χ4n) is 2.41. The summed E-state index contributed by atoms with van der Waals surface area (Å²) in [7, 11) is -4.75. The standard InChI is InChI=1S/C14H19F3O5S/c1-10(2)7-9-13(12(18)21-3)8-5-4-6-11(13)22-23(19,20)14(15,16)17/h6H,1,4-5,7-9H2,2-3H3. The van der Waals surface area contributed by atoms with Gasteiger partial charge in [-0.2, -0.15) is 21.6 Å². The molecular weight excluding hydrogens is 337 g/mol. The van der Waals surface area contributed by atoms with Gasteiger partial charge in [-0.1, -0.05) is 5.57 Å². The van der Waals surface area contributed by atoms with E-state index in [-0.39, 0.29) is 12.8 Å². The minimum atomic E-state index is -5.85. The second-order valence-electron chi connectivity index (χ2n) is 5.47. The highest BCUT2D eigenvalue weighted by Crippen LogP contribution is 2.45. The molecule has 0 heterocycles. The molecule has 132 valence electrons. The van der Waals surface area contributed by atoms with Crippen LogP contribution in [0, 0.1) is 5.41 Å². The second-order valence-corrected chi connectivity index (χ2v) is 7.01. The number of allylic oxidation sites excluding steroid dienone is 2. The van der Waals surface area contributed by atoms with E-state index in [0.717, 1.165) is 7.11 Å². The van der Waals surface area contributed by atoms with Gasteiger partial charge in [0.15, 0.2) is 0 Å². The number of esters is 1. The van der Waals surface area contributed by atoms with Crippen LogP contribution >= 0.6 is 0 Å². The van der Waals surface area contributed by atoms with Gasteiger partial charge in [-0.15, -0.1) is 6.58 Å². The van der Waals surface area contributed by atoms with Gasteiger partial charge >= 0.3 is 21.6 Å². The van der Waals surface area contributed by atoms with Crippen LogP contribution in [0.2, 0.25) is 0 Å². The lowest BCUT2D eigenvalue weighted by Gasteiger charge is -2.35. The first-order valence-corrected chi connectivity index (χ1v) is 8.31. The minimum absolute atomic E-state index is 0.0637. The first-order chi connectivity index (χ1) is 10.5. The number of methoxy groups -OCH3 is 1. The maximum Gasteiger partial charge on any atom is 0.534 e. The Morgan fingerprint density at radius 2 is 2.04 bits per heavy atom. The number of ether oxygens (including phenoxy) is 1. The van der Waals surface area contributed by atoms with Crippen molar-refractivity contribution in [3.63, 3.8) is 0 Å². The lowest BCUT2D eigenvalue weighted by molar-refractivity contribution is -0.153. The average Bonchev–Trinajstić information content (AvgIpc) is 2.44. The zero-order valence-corrected chi connectivity index (χ0v) is 13.7. The highest BCUT2D eigenvalue weighted by Gasteiger charge is 2.53. The second kappa shape index (κ2) is 6.94. The molecule has 5 nitrogen and oxygen atoms in total. The lowest BCUT2D eigenvalue weighted by atomic mass is 9.73. The fraction of sp³-hybridized carbons (Fsp3) is 0.643. The topological polar surface area (TPSA) is 69.7 Å². The summed E-state index contributed by atoms with van der Waals surface area (Å²) in [5.74, 6) is -1.34. The number of hydrogen-bond donors (Lipinski definition) is 0. The molecule has 1 unspecified atom stereocenters. The number of hydrogen-bond acceptors (Lipinski definition) is 5. The van der Waals surface area contributed by atoms with Crippen LogP contribution in [0.4, 0.5) is 13.2 Å². The molecule has 1 rings (SSSR count). The van der Waals surface area contributed by atoms with Crippen LogP contribution in [-0.4, -0.2) is 27.0 Å². The average molecular weight is 356 g/mol. The summed E-state index contributed by atoms with van der Waals surface area (Å²) in [6.07, 6.45) is 2.56. The van der Waals surface area contributed by atoms with Crippen molar-refractivity contribution in [2.75, 3.05) is 7.11 Å². The Bertz CT molecular complexity index is 606. The molecule has 1 aliphatic carbocycles. The van der Waals surface area contributed by atoms with Crippen molar-refractivity contribution in [2.45, 2.75) is 44.5 Å². The number of halogens is 3. The largest absolute Gasteiger partial charge is 0.534 e. The Morgan fingerprint density at radius 1 is 1.43 bits per heavy atom. The Hall–Kier alpha value is -1.51. The first-order valence-electron chi connectivity index (χ1n) is 6.90. The number of alkyl halides is 3. The highest BCUT2D eigenvalue weighted by atomic mass is 32.2. The number of carbonyl (C=O) groups excluding carboxylic acids is 1. The van der Waals surface area contributed by atoms with Gasteiger partial charge in [0.1, 0.15) is 11.2 Å². The molecule has 0 aromatic rings. The monoisotopic (exact) mass is 356 g/mol. The van der Waals surface area contributed by atoms with Gasteiger partial charge in [-0.05, 0) is 45.1 Å². The van der Waals surface area contributed by atoms with Crippen LogP contribution in [0.25, 0.3) is 0 Å².